The van der Waals surface area contributed by atoms with Gasteiger partial charge >= 0.3 is 17.2 Å². The zero-order chi connectivity index (χ0) is 31.8. The highest BCUT2D eigenvalue weighted by molar-refractivity contribution is 7.42. The maximum Gasteiger partial charge on any atom is 0.333 e. The summed E-state index contributed by atoms with van der Waals surface area (Å²) in [5.74, 6) is 0. The Morgan fingerprint density at radius 2 is 0.860 bits per heavy atom. The lowest BCUT2D eigenvalue weighted by Gasteiger charge is -2.41. The number of benzene rings is 2. The molecule has 240 valence electrons. The molecule has 0 unspecified atom stereocenters. The summed E-state index contributed by atoms with van der Waals surface area (Å²) >= 11 is 0. The Kier molecular flexibility index (Phi) is 10.6. The third kappa shape index (κ3) is 9.08. The van der Waals surface area contributed by atoms with Crippen LogP contribution in [0.5, 0.6) is 0 Å². The van der Waals surface area contributed by atoms with E-state index in [1.54, 1.807) is 0 Å². The highest BCUT2D eigenvalue weighted by Gasteiger charge is 2.44. The van der Waals surface area contributed by atoms with Crippen molar-refractivity contribution in [1.82, 2.24) is 0 Å². The SMILES string of the molecule is CC(C)(C)c1ccc(COP2OCC3(CO2)COP(OCc2ccc(C(C)(C)C)cc2C(C)(C)C)OC3)c(C(C)(C)C)c1. The summed E-state index contributed by atoms with van der Waals surface area (Å²) in [6, 6.07) is 13.4. The summed E-state index contributed by atoms with van der Waals surface area (Å²) in [4.78, 5) is 0. The average Bonchev–Trinajstić information content (AvgIpc) is 2.90. The minimum Gasteiger partial charge on any atom is -0.311 e. The van der Waals surface area contributed by atoms with Crippen LogP contribution in [0.2, 0.25) is 0 Å². The summed E-state index contributed by atoms with van der Waals surface area (Å²) in [5.41, 5.74) is 7.44. The molecule has 2 fully saturated rings. The zero-order valence-corrected chi connectivity index (χ0v) is 30.3. The maximum atomic E-state index is 6.16. The Balaban J connectivity index is 1.28. The monoisotopic (exact) mass is 632 g/mol. The first kappa shape index (κ1) is 34.9. The largest absolute Gasteiger partial charge is 0.333 e. The van der Waals surface area contributed by atoms with Crippen LogP contribution in [0.1, 0.15) is 116 Å². The van der Waals surface area contributed by atoms with Crippen LogP contribution in [0.3, 0.4) is 0 Å². The third-order valence-corrected chi connectivity index (χ3v) is 10.2. The molecule has 0 saturated carbocycles. The van der Waals surface area contributed by atoms with E-state index in [4.69, 9.17) is 27.1 Å². The molecule has 0 bridgehead atoms. The molecule has 43 heavy (non-hydrogen) atoms. The van der Waals surface area contributed by atoms with Gasteiger partial charge < -0.3 is 27.1 Å². The Morgan fingerprint density at radius 3 is 1.14 bits per heavy atom. The minimum atomic E-state index is -1.44. The summed E-state index contributed by atoms with van der Waals surface area (Å²) < 4.78 is 36.6. The van der Waals surface area contributed by atoms with Gasteiger partial charge in [0.2, 0.25) is 0 Å². The van der Waals surface area contributed by atoms with Crippen LogP contribution < -0.4 is 0 Å². The molecule has 4 rings (SSSR count). The number of rotatable bonds is 6. The Morgan fingerprint density at radius 1 is 0.535 bits per heavy atom. The molecule has 0 N–H and O–H groups in total. The van der Waals surface area contributed by atoms with Gasteiger partial charge in [-0.3, -0.25) is 0 Å². The molecule has 2 aromatic carbocycles. The molecule has 0 amide bonds. The van der Waals surface area contributed by atoms with Gasteiger partial charge in [0.05, 0.1) is 45.1 Å². The molecule has 0 atom stereocenters. The molecule has 0 aromatic heterocycles. The van der Waals surface area contributed by atoms with Crippen molar-refractivity contribution in [3.63, 3.8) is 0 Å². The highest BCUT2D eigenvalue weighted by Crippen LogP contribution is 2.54. The molecule has 2 saturated heterocycles. The summed E-state index contributed by atoms with van der Waals surface area (Å²) in [6.45, 7) is 29.7. The third-order valence-electron chi connectivity index (χ3n) is 8.12. The van der Waals surface area contributed by atoms with E-state index in [9.17, 15) is 0 Å². The molecular weight excluding hydrogens is 578 g/mol. The van der Waals surface area contributed by atoms with Gasteiger partial charge in [-0.15, -0.1) is 0 Å². The highest BCUT2D eigenvalue weighted by atomic mass is 31.2. The molecule has 2 aliphatic heterocycles. The van der Waals surface area contributed by atoms with Gasteiger partial charge in [0, 0.05) is 0 Å². The van der Waals surface area contributed by atoms with E-state index in [-0.39, 0.29) is 27.1 Å². The molecule has 2 aromatic rings. The van der Waals surface area contributed by atoms with E-state index < -0.39 is 17.2 Å². The standard InChI is InChI=1S/C35H54O6P2/c1-31(2,3)27-15-13-25(29(17-27)33(7,8)9)19-36-42-38-21-35(22-39-42)23-40-43(41-24-35)37-20-26-14-16-28(32(4,5)6)18-30(26)34(10,11)12/h13-18H,19-24H2,1-12H3. The van der Waals surface area contributed by atoms with Gasteiger partial charge in [0.1, 0.15) is 0 Å². The van der Waals surface area contributed by atoms with Crippen LogP contribution in [-0.2, 0) is 62.0 Å². The van der Waals surface area contributed by atoms with Crippen molar-refractivity contribution in [2.24, 2.45) is 5.41 Å². The van der Waals surface area contributed by atoms with Crippen LogP contribution in [-0.4, -0.2) is 26.4 Å². The van der Waals surface area contributed by atoms with Crippen LogP contribution in [0.4, 0.5) is 0 Å². The first-order valence-electron chi connectivity index (χ1n) is 15.4. The van der Waals surface area contributed by atoms with Gasteiger partial charge in [0.15, 0.2) is 0 Å². The van der Waals surface area contributed by atoms with Crippen LogP contribution in [0, 0.1) is 5.41 Å². The van der Waals surface area contributed by atoms with Crippen molar-refractivity contribution in [2.75, 3.05) is 26.4 Å². The fourth-order valence-electron chi connectivity index (χ4n) is 5.21. The Hall–Kier alpha value is -0.940. The van der Waals surface area contributed by atoms with E-state index in [0.717, 1.165) is 0 Å². The molecule has 0 aliphatic carbocycles. The van der Waals surface area contributed by atoms with Gasteiger partial charge in [-0.25, -0.2) is 0 Å². The van der Waals surface area contributed by atoms with E-state index in [2.05, 4.69) is 119 Å². The van der Waals surface area contributed by atoms with Crippen molar-refractivity contribution < 1.29 is 27.1 Å². The van der Waals surface area contributed by atoms with E-state index in [0.29, 0.717) is 39.6 Å². The molecule has 6 nitrogen and oxygen atoms in total. The molecule has 0 radical (unpaired) electrons. The Labute approximate surface area is 263 Å². The van der Waals surface area contributed by atoms with Crippen molar-refractivity contribution in [3.05, 3.63) is 69.8 Å². The maximum absolute atomic E-state index is 6.16. The predicted octanol–water partition coefficient (Wildman–Crippen LogP) is 10.1. The van der Waals surface area contributed by atoms with Gasteiger partial charge in [-0.05, 0) is 55.0 Å². The molecule has 2 heterocycles. The lowest BCUT2D eigenvalue weighted by Crippen LogP contribution is -2.44. The van der Waals surface area contributed by atoms with E-state index in [1.165, 1.54) is 33.4 Å². The second kappa shape index (κ2) is 13.0. The quantitative estimate of drug-likeness (QED) is 0.296. The van der Waals surface area contributed by atoms with Gasteiger partial charge in [-0.2, -0.15) is 0 Å². The van der Waals surface area contributed by atoms with Crippen molar-refractivity contribution in [1.29, 1.82) is 0 Å². The molecule has 1 spiro atoms. The topological polar surface area (TPSA) is 55.4 Å². The summed E-state index contributed by atoms with van der Waals surface area (Å²) in [6.07, 6.45) is 0. The minimum absolute atomic E-state index is 0.00689. The van der Waals surface area contributed by atoms with Crippen LogP contribution in [0.25, 0.3) is 0 Å². The Bertz CT molecular complexity index is 1130. The first-order valence-corrected chi connectivity index (χ1v) is 17.6. The molecular formula is C35H54O6P2. The number of hydrogen-bond donors (Lipinski definition) is 0. The fraction of sp³-hybridized carbons (Fsp3) is 0.657. The van der Waals surface area contributed by atoms with Gasteiger partial charge in [-0.1, -0.05) is 119 Å². The van der Waals surface area contributed by atoms with Crippen molar-refractivity contribution >= 4 is 17.2 Å². The molecule has 2 aliphatic rings. The second-order valence-electron chi connectivity index (χ2n) is 16.3. The predicted molar refractivity (Wildman–Crippen MR) is 177 cm³/mol. The van der Waals surface area contributed by atoms with Crippen LogP contribution in [0.15, 0.2) is 36.4 Å². The fourth-order valence-corrected chi connectivity index (χ4v) is 7.66. The average molecular weight is 633 g/mol. The lowest BCUT2D eigenvalue weighted by atomic mass is 9.78. The lowest BCUT2D eigenvalue weighted by molar-refractivity contribution is -0.0772. The van der Waals surface area contributed by atoms with Crippen LogP contribution >= 0.6 is 17.2 Å². The van der Waals surface area contributed by atoms with E-state index in [1.807, 2.05) is 0 Å². The van der Waals surface area contributed by atoms with Gasteiger partial charge in [0.25, 0.3) is 0 Å². The molecule has 8 heteroatoms. The summed E-state index contributed by atoms with van der Waals surface area (Å²) in [7, 11) is -2.87. The van der Waals surface area contributed by atoms with Crippen molar-refractivity contribution in [3.8, 4) is 0 Å². The second-order valence-corrected chi connectivity index (χ2v) is 18.8. The smallest absolute Gasteiger partial charge is 0.311 e. The zero-order valence-electron chi connectivity index (χ0n) is 28.6. The first-order chi connectivity index (χ1) is 19.8. The summed E-state index contributed by atoms with van der Waals surface area (Å²) in [5, 5.41) is 0. The van der Waals surface area contributed by atoms with E-state index >= 15 is 0 Å². The normalized spacial score (nSPS) is 24.0. The van der Waals surface area contributed by atoms with Crippen molar-refractivity contribution in [2.45, 2.75) is 118 Å². The number of hydrogen-bond acceptors (Lipinski definition) is 6.